The summed E-state index contributed by atoms with van der Waals surface area (Å²) in [4.78, 5) is 30.4. The molecule has 0 radical (unpaired) electrons. The van der Waals surface area contributed by atoms with Gasteiger partial charge in [-0.15, -0.1) is 0 Å². The largest absolute Gasteiger partial charge is 0.394 e. The van der Waals surface area contributed by atoms with Gasteiger partial charge in [-0.05, 0) is 36.0 Å². The molecular weight excluding hydrogens is 602 g/mol. The third-order valence-corrected chi connectivity index (χ3v) is 9.15. The van der Waals surface area contributed by atoms with Gasteiger partial charge in [0.2, 0.25) is 5.95 Å². The fourth-order valence-electron chi connectivity index (χ4n) is 7.25. The quantitative estimate of drug-likeness (QED) is 0.132. The van der Waals surface area contributed by atoms with Crippen LogP contribution in [0.5, 0.6) is 0 Å². The molecule has 4 N–H and O–H groups in total. The fraction of sp³-hybridized carbons (Fsp3) is 0.343. The van der Waals surface area contributed by atoms with Crippen LogP contribution in [0.15, 0.2) is 102 Å². The highest BCUT2D eigenvalue weighted by Crippen LogP contribution is 2.58. The van der Waals surface area contributed by atoms with Crippen molar-refractivity contribution in [1.29, 1.82) is 0 Å². The molecule has 7 rings (SSSR count). The molecule has 0 aliphatic carbocycles. The van der Waals surface area contributed by atoms with Crippen LogP contribution in [0.25, 0.3) is 11.2 Å². The van der Waals surface area contributed by atoms with Crippen LogP contribution < -0.4 is 11.0 Å². The number of ether oxygens (including phenoxy) is 3. The van der Waals surface area contributed by atoms with E-state index in [1.165, 1.54) is 13.4 Å². The minimum absolute atomic E-state index is 0.0346. The summed E-state index contributed by atoms with van der Waals surface area (Å²) in [6, 6.07) is 29.4. The van der Waals surface area contributed by atoms with E-state index in [4.69, 9.17) is 24.0 Å². The van der Waals surface area contributed by atoms with Crippen LogP contribution in [0.3, 0.4) is 0 Å². The van der Waals surface area contributed by atoms with Crippen LogP contribution >= 0.6 is 0 Å². The molecule has 2 saturated heterocycles. The van der Waals surface area contributed by atoms with Gasteiger partial charge in [0.15, 0.2) is 23.2 Å². The molecule has 1 unspecified atom stereocenters. The van der Waals surface area contributed by atoms with Gasteiger partial charge in [0, 0.05) is 6.61 Å². The molecule has 3 aromatic carbocycles. The number of aliphatic hydroxyl groups excluding tert-OH is 2. The summed E-state index contributed by atoms with van der Waals surface area (Å²) in [6.07, 6.45) is -0.429. The molecule has 4 heterocycles. The number of imidazole rings is 1. The highest BCUT2D eigenvalue weighted by atomic mass is 16.7. The number of aromatic amines is 1. The first kappa shape index (κ1) is 31.2. The predicted molar refractivity (Wildman–Crippen MR) is 172 cm³/mol. The maximum absolute atomic E-state index is 13.4. The summed E-state index contributed by atoms with van der Waals surface area (Å²) < 4.78 is 21.7. The Hall–Kier alpha value is -4.43. The van der Waals surface area contributed by atoms with Crippen molar-refractivity contribution in [3.05, 3.63) is 124 Å². The number of nitrogens with zero attached hydrogens (tertiary/aromatic N) is 3. The normalized spacial score (nSPS) is 24.8. The molecule has 5 aromatic rings. The molecule has 2 fully saturated rings. The van der Waals surface area contributed by atoms with Gasteiger partial charge in [0.25, 0.3) is 5.56 Å². The van der Waals surface area contributed by atoms with Crippen LogP contribution in [0, 0.1) is 0 Å². The van der Waals surface area contributed by atoms with Gasteiger partial charge in [-0.2, -0.15) is 4.98 Å². The second-order valence-electron chi connectivity index (χ2n) is 11.7. The lowest BCUT2D eigenvalue weighted by molar-refractivity contribution is -0.254. The number of H-pyrrole nitrogens is 1. The van der Waals surface area contributed by atoms with E-state index in [2.05, 4.69) is 15.4 Å². The van der Waals surface area contributed by atoms with E-state index in [9.17, 15) is 15.0 Å². The number of nitrogens with one attached hydrogen (secondary N) is 2. The zero-order valence-electron chi connectivity index (χ0n) is 25.9. The summed E-state index contributed by atoms with van der Waals surface area (Å²) in [5.41, 5.74) is 1.57. The van der Waals surface area contributed by atoms with Gasteiger partial charge in [-0.25, -0.2) is 10.5 Å². The maximum Gasteiger partial charge on any atom is 0.280 e. The second kappa shape index (κ2) is 13.0. The Morgan fingerprint density at radius 3 is 2.15 bits per heavy atom. The molecule has 2 aliphatic rings. The summed E-state index contributed by atoms with van der Waals surface area (Å²) in [6.45, 7) is -0.0111. The summed E-state index contributed by atoms with van der Waals surface area (Å²) >= 11 is 0. The Balaban J connectivity index is 1.66. The number of aliphatic hydroxyl groups is 2. The van der Waals surface area contributed by atoms with Gasteiger partial charge in [0.1, 0.15) is 18.3 Å². The minimum atomic E-state index is -1.77. The van der Waals surface area contributed by atoms with E-state index >= 15 is 0 Å². The smallest absolute Gasteiger partial charge is 0.280 e. The van der Waals surface area contributed by atoms with Crippen LogP contribution in [0.2, 0.25) is 0 Å². The number of rotatable bonds is 10. The third-order valence-electron chi connectivity index (χ3n) is 9.15. The van der Waals surface area contributed by atoms with Crippen LogP contribution in [-0.4, -0.2) is 74.7 Å². The average molecular weight is 640 g/mol. The summed E-state index contributed by atoms with van der Waals surface area (Å²) in [7, 11) is 1.41. The standard InChI is InChI=1S/C35H37N5O7/c1-44-39-33-37-31-28(32(43)38-33)36-22-40(31)35(30(29(42)26(21-41)47-35)46-27-19-11-12-20-45-27)34(23-13-5-2-6-14-23,24-15-7-3-8-16-24)25-17-9-4-10-18-25/h2-10,13-18,22,26-27,29-30,41-42H,11-12,19-21H2,1H3,(H2,37,38,39,43)/t26-,27?,29-,30-,35+/m1/s1. The molecule has 47 heavy (non-hydrogen) atoms. The lowest BCUT2D eigenvalue weighted by Gasteiger charge is -2.52. The van der Waals surface area contributed by atoms with Gasteiger partial charge in [0.05, 0.1) is 25.5 Å². The Bertz CT molecular complexity index is 1750. The Morgan fingerprint density at radius 2 is 1.62 bits per heavy atom. The first-order valence-corrected chi connectivity index (χ1v) is 15.7. The molecule has 0 saturated carbocycles. The molecule has 244 valence electrons. The molecule has 0 bridgehead atoms. The van der Waals surface area contributed by atoms with Gasteiger partial charge >= 0.3 is 0 Å². The monoisotopic (exact) mass is 639 g/mol. The number of hydrogen-bond acceptors (Lipinski definition) is 10. The van der Waals surface area contributed by atoms with Crippen LogP contribution in [-0.2, 0) is 30.2 Å². The van der Waals surface area contributed by atoms with Crippen molar-refractivity contribution in [3.8, 4) is 0 Å². The van der Waals surface area contributed by atoms with Crippen molar-refractivity contribution in [3.63, 3.8) is 0 Å². The number of fused-ring (bicyclic) bond motifs is 1. The molecule has 12 nitrogen and oxygen atoms in total. The SMILES string of the molecule is CONc1nc2c(ncn2[C@]2(C(c3ccccc3)(c3ccccc3)c3ccccc3)O[C@H](CO)[C@@H](O)[C@H]2OC2CCCCO2)c(=O)[nH]1. The van der Waals surface area contributed by atoms with Crippen LogP contribution in [0.4, 0.5) is 5.95 Å². The molecule has 0 amide bonds. The maximum atomic E-state index is 13.4. The van der Waals surface area contributed by atoms with E-state index in [1.807, 2.05) is 91.0 Å². The average Bonchev–Trinajstić information content (AvgIpc) is 3.67. The topological polar surface area (TPSA) is 153 Å². The van der Waals surface area contributed by atoms with Crippen molar-refractivity contribution >= 4 is 17.1 Å². The fourth-order valence-corrected chi connectivity index (χ4v) is 7.25. The number of anilines is 1. The molecule has 5 atom stereocenters. The lowest BCUT2D eigenvalue weighted by atomic mass is 9.60. The summed E-state index contributed by atoms with van der Waals surface area (Å²) in [5, 5.41) is 22.9. The highest BCUT2D eigenvalue weighted by Gasteiger charge is 2.70. The van der Waals surface area contributed by atoms with E-state index in [0.717, 1.165) is 29.5 Å². The summed E-state index contributed by atoms with van der Waals surface area (Å²) in [5.74, 6) is 0.0389. The molecule has 0 spiro atoms. The molecule has 12 heteroatoms. The van der Waals surface area contributed by atoms with Crippen molar-refractivity contribution in [2.24, 2.45) is 0 Å². The zero-order chi connectivity index (χ0) is 32.4. The Morgan fingerprint density at radius 1 is 1.00 bits per heavy atom. The number of hydrogen-bond donors (Lipinski definition) is 4. The van der Waals surface area contributed by atoms with E-state index in [1.54, 1.807) is 4.57 Å². The first-order valence-electron chi connectivity index (χ1n) is 15.7. The molecule has 2 aromatic heterocycles. The van der Waals surface area contributed by atoms with Crippen molar-refractivity contribution in [1.82, 2.24) is 19.5 Å². The van der Waals surface area contributed by atoms with Crippen molar-refractivity contribution < 1.29 is 29.3 Å². The Kier molecular flexibility index (Phi) is 8.62. The van der Waals surface area contributed by atoms with Gasteiger partial charge in [-0.3, -0.25) is 19.2 Å². The molecule has 2 aliphatic heterocycles. The predicted octanol–water partition coefficient (Wildman–Crippen LogP) is 3.44. The number of aromatic nitrogens is 4. The number of benzene rings is 3. The van der Waals surface area contributed by atoms with Gasteiger partial charge < -0.3 is 24.4 Å². The van der Waals surface area contributed by atoms with E-state index < -0.39 is 47.9 Å². The van der Waals surface area contributed by atoms with Crippen molar-refractivity contribution in [2.75, 3.05) is 25.8 Å². The minimum Gasteiger partial charge on any atom is -0.394 e. The first-order chi connectivity index (χ1) is 23.0. The highest BCUT2D eigenvalue weighted by molar-refractivity contribution is 5.72. The molecular formula is C35H37N5O7. The van der Waals surface area contributed by atoms with E-state index in [0.29, 0.717) is 13.0 Å². The van der Waals surface area contributed by atoms with Crippen LogP contribution in [0.1, 0.15) is 36.0 Å². The third kappa shape index (κ3) is 5.05. The second-order valence-corrected chi connectivity index (χ2v) is 11.7. The van der Waals surface area contributed by atoms with Gasteiger partial charge in [-0.1, -0.05) is 91.0 Å². The van der Waals surface area contributed by atoms with E-state index in [-0.39, 0.29) is 17.1 Å². The zero-order valence-corrected chi connectivity index (χ0v) is 25.9. The Labute approximate surface area is 270 Å². The van der Waals surface area contributed by atoms with Crippen molar-refractivity contribution in [2.45, 2.75) is 55.0 Å². The lowest BCUT2D eigenvalue weighted by Crippen LogP contribution is -2.62.